The van der Waals surface area contributed by atoms with E-state index in [1.165, 1.54) is 0 Å². The number of fused-ring (bicyclic) bond motifs is 3. The molecule has 4 rings (SSSR count). The van der Waals surface area contributed by atoms with Gasteiger partial charge in [0.2, 0.25) is 17.2 Å². The van der Waals surface area contributed by atoms with Crippen LogP contribution in [0.15, 0.2) is 18.2 Å². The lowest BCUT2D eigenvalue weighted by Gasteiger charge is -2.23. The van der Waals surface area contributed by atoms with Crippen molar-refractivity contribution in [1.82, 2.24) is 0 Å². The van der Waals surface area contributed by atoms with E-state index >= 15 is 28.8 Å². The molecule has 0 radical (unpaired) electrons. The van der Waals surface area contributed by atoms with E-state index in [2.05, 4.69) is 62.3 Å². The Hall–Kier alpha value is -7.11. The lowest BCUT2D eigenvalue weighted by atomic mass is 9.92. The summed E-state index contributed by atoms with van der Waals surface area (Å²) in [6, 6.07) is 4.82. The summed E-state index contributed by atoms with van der Waals surface area (Å²) in [4.78, 5) is 136. The minimum Gasteiger partial charge on any atom is -0.422 e. The molecule has 0 spiro atoms. The Balaban J connectivity index is 2.44. The second kappa shape index (κ2) is 75.3. The van der Waals surface area contributed by atoms with Gasteiger partial charge in [0.25, 0.3) is 0 Å². The number of hydrogen-bond acceptors (Lipinski definition) is 18. The summed E-state index contributed by atoms with van der Waals surface area (Å²) in [5, 5.41) is 0. The van der Waals surface area contributed by atoms with E-state index in [0.717, 1.165) is 347 Å². The van der Waals surface area contributed by atoms with Crippen LogP contribution in [-0.2, 0) is 62.4 Å². The highest BCUT2D eigenvalue weighted by Crippen LogP contribution is 2.53. The highest BCUT2D eigenvalue weighted by molar-refractivity contribution is 5.86. The first-order chi connectivity index (χ1) is 63.0. The van der Waals surface area contributed by atoms with E-state index in [1.807, 2.05) is 0 Å². The number of carbonyl (C=O) groups excluding carboxylic acids is 9. The first kappa shape index (κ1) is 114. The molecule has 1 aliphatic rings. The largest absolute Gasteiger partial charge is 0.422 e. The van der Waals surface area contributed by atoms with Crippen LogP contribution >= 0.6 is 0 Å². The molecule has 732 valence electrons. The molecule has 0 fully saturated rings. The Kier molecular flexibility index (Phi) is 66.7. The van der Waals surface area contributed by atoms with Gasteiger partial charge in [0.15, 0.2) is 34.5 Å². The van der Waals surface area contributed by atoms with Crippen molar-refractivity contribution in [2.24, 2.45) is 0 Å². The molecule has 0 aromatic heterocycles. The lowest BCUT2D eigenvalue weighted by molar-refractivity contribution is -0.138. The molecule has 18 heteroatoms. The summed E-state index contributed by atoms with van der Waals surface area (Å²) in [5.41, 5.74) is 1.58. The summed E-state index contributed by atoms with van der Waals surface area (Å²) < 4.78 is 60.5. The highest BCUT2D eigenvalue weighted by Gasteiger charge is 2.37. The number of hydrogen-bond donors (Lipinski definition) is 0. The molecular formula is C111H180O18. The third kappa shape index (κ3) is 51.6. The van der Waals surface area contributed by atoms with Crippen LogP contribution < -0.4 is 42.6 Å². The van der Waals surface area contributed by atoms with E-state index in [1.54, 1.807) is 18.2 Å². The van der Waals surface area contributed by atoms with Crippen LogP contribution in [0.1, 0.15) is 558 Å². The zero-order valence-electron chi connectivity index (χ0n) is 83.1. The fourth-order valence-corrected chi connectivity index (χ4v) is 17.1. The zero-order chi connectivity index (χ0) is 93.4. The molecule has 0 bridgehead atoms. The van der Waals surface area contributed by atoms with E-state index in [4.69, 9.17) is 42.6 Å². The van der Waals surface area contributed by atoms with Gasteiger partial charge in [0.05, 0.1) is 0 Å². The maximum Gasteiger partial charge on any atom is 0.311 e. The van der Waals surface area contributed by atoms with Crippen molar-refractivity contribution in [3.05, 3.63) is 51.6 Å². The van der Waals surface area contributed by atoms with Crippen LogP contribution in [0.5, 0.6) is 51.7 Å². The van der Waals surface area contributed by atoms with E-state index in [0.29, 0.717) is 74.5 Å². The second-order valence-electron chi connectivity index (χ2n) is 37.2. The van der Waals surface area contributed by atoms with E-state index in [-0.39, 0.29) is 145 Å². The summed E-state index contributed by atoms with van der Waals surface area (Å²) in [5.74, 6) is -8.15. The maximum atomic E-state index is 15.4. The van der Waals surface area contributed by atoms with Crippen LogP contribution in [0, 0.1) is 0 Å². The number of esters is 9. The van der Waals surface area contributed by atoms with Crippen molar-refractivity contribution < 1.29 is 85.8 Å². The molecule has 0 saturated carbocycles. The fraction of sp³-hybridized carbons (Fsp3) is 0.757. The Morgan fingerprint density at radius 2 is 0.279 bits per heavy atom. The van der Waals surface area contributed by atoms with Crippen LogP contribution in [-0.4, -0.2) is 53.7 Å². The van der Waals surface area contributed by atoms with Crippen molar-refractivity contribution in [3.63, 3.8) is 0 Å². The maximum absolute atomic E-state index is 15.4. The molecule has 0 heterocycles. The Labute approximate surface area is 782 Å². The SMILES string of the molecule is CCCCCCCCCC(=O)Oc1cc2c(c(OC(=O)CCCCCCCCC)c1OC(=O)CCCCCCCCC)Cc1cc(OC(=O)CCCCCCCCC)c(OC(=O)CCCCCCCCC)c(OC(=O)CCCCCCCCC)c1Cc1cc(OC(=O)CCCCCCCCC)c(OC(=O)CCCCCCCCC)c(OC(=O)CCCCCCCCC)c1C2. The average molecular weight is 1800 g/mol. The summed E-state index contributed by atoms with van der Waals surface area (Å²) >= 11 is 0. The van der Waals surface area contributed by atoms with Crippen LogP contribution in [0.2, 0.25) is 0 Å². The van der Waals surface area contributed by atoms with E-state index < -0.39 is 53.7 Å². The zero-order valence-corrected chi connectivity index (χ0v) is 83.1. The van der Waals surface area contributed by atoms with Gasteiger partial charge in [-0.2, -0.15) is 0 Å². The molecular weight excluding hydrogens is 1620 g/mol. The third-order valence-electron chi connectivity index (χ3n) is 25.1. The van der Waals surface area contributed by atoms with Crippen molar-refractivity contribution >= 4 is 53.7 Å². The predicted molar refractivity (Wildman–Crippen MR) is 522 cm³/mol. The Bertz CT molecular complexity index is 3220. The molecule has 18 nitrogen and oxygen atoms in total. The van der Waals surface area contributed by atoms with Gasteiger partial charge in [-0.15, -0.1) is 0 Å². The molecule has 3 aromatic rings. The van der Waals surface area contributed by atoms with Gasteiger partial charge in [-0.1, -0.05) is 409 Å². The van der Waals surface area contributed by atoms with Crippen LogP contribution in [0.25, 0.3) is 0 Å². The third-order valence-corrected chi connectivity index (χ3v) is 25.1. The quantitative estimate of drug-likeness (QED) is 0.0227. The second-order valence-corrected chi connectivity index (χ2v) is 37.2. The van der Waals surface area contributed by atoms with Gasteiger partial charge in [0.1, 0.15) is 0 Å². The molecule has 0 saturated heterocycles. The smallest absolute Gasteiger partial charge is 0.311 e. The number of ether oxygens (including phenoxy) is 9. The molecule has 0 unspecified atom stereocenters. The molecule has 1 aliphatic carbocycles. The van der Waals surface area contributed by atoms with Gasteiger partial charge in [-0.05, 0) is 92.7 Å². The van der Waals surface area contributed by atoms with Gasteiger partial charge in [-0.25, -0.2) is 0 Å². The Morgan fingerprint density at radius 1 is 0.163 bits per heavy atom. The van der Waals surface area contributed by atoms with Crippen molar-refractivity contribution in [1.29, 1.82) is 0 Å². The molecule has 0 N–H and O–H groups in total. The fourth-order valence-electron chi connectivity index (χ4n) is 17.1. The van der Waals surface area contributed by atoms with Crippen molar-refractivity contribution in [3.8, 4) is 51.7 Å². The molecule has 0 atom stereocenters. The van der Waals surface area contributed by atoms with E-state index in [9.17, 15) is 14.4 Å². The van der Waals surface area contributed by atoms with Crippen LogP contribution in [0.4, 0.5) is 0 Å². The lowest BCUT2D eigenvalue weighted by Crippen LogP contribution is -2.18. The predicted octanol–water partition coefficient (Wildman–Crippen LogP) is 32.2. The average Bonchev–Trinajstić information content (AvgIpc) is 1.60. The molecule has 0 aliphatic heterocycles. The highest BCUT2D eigenvalue weighted by atomic mass is 16.6. The monoisotopic (exact) mass is 1800 g/mol. The number of benzene rings is 3. The van der Waals surface area contributed by atoms with Gasteiger partial charge < -0.3 is 42.6 Å². The van der Waals surface area contributed by atoms with Crippen molar-refractivity contribution in [2.75, 3.05) is 0 Å². The molecule has 3 aromatic carbocycles. The number of carbonyl (C=O) groups is 9. The summed E-state index contributed by atoms with van der Waals surface area (Å²) in [6.45, 7) is 19.5. The molecule has 129 heavy (non-hydrogen) atoms. The first-order valence-corrected chi connectivity index (χ1v) is 53.4. The van der Waals surface area contributed by atoms with Gasteiger partial charge in [-0.3, -0.25) is 43.2 Å². The standard InChI is InChI=1S/C111H180O18/c1-10-19-28-37-46-55-64-73-97(112)121-94-85-88-82-92-90(87-96(123-99(114)75-66-57-48-39-30-21-12-3)110(128-104(119)80-71-62-53-44-35-26-17-8)107(92)125-101(116)77-68-59-50-41-32-23-14-5)84-93-89(83-91(88)106(124-100(115)76-67-58-49-40-31-22-13-4)109(94)127-103(118)79-70-61-52-43-34-25-16-7)86-95(122-98(113)74-65-56-47-38-29-20-11-2)111(129-105(120)81-72-63-54-45-36-27-18-9)108(93)126-102(117)78-69-60-51-42-33-24-15-6/h85-87H,10-84H2,1-9H3. The first-order valence-electron chi connectivity index (χ1n) is 53.4. The number of rotatable bonds is 81. The Morgan fingerprint density at radius 3 is 0.419 bits per heavy atom. The van der Waals surface area contributed by atoms with Gasteiger partial charge in [0, 0.05) is 93.7 Å². The molecule has 0 amide bonds. The summed E-state index contributed by atoms with van der Waals surface area (Å²) in [7, 11) is 0. The minimum absolute atomic E-state index is 0.000385. The minimum atomic E-state index is -0.663. The van der Waals surface area contributed by atoms with Gasteiger partial charge >= 0.3 is 53.7 Å². The number of unbranched alkanes of at least 4 members (excludes halogenated alkanes) is 54. The normalized spacial score (nSPS) is 11.7. The van der Waals surface area contributed by atoms with Crippen LogP contribution in [0.3, 0.4) is 0 Å². The van der Waals surface area contributed by atoms with Crippen molar-refractivity contribution in [2.45, 2.75) is 544 Å². The summed E-state index contributed by atoms with van der Waals surface area (Å²) in [6.07, 6.45) is 56.6. The topological polar surface area (TPSA) is 237 Å².